The van der Waals surface area contributed by atoms with Gasteiger partial charge < -0.3 is 9.64 Å². The summed E-state index contributed by atoms with van der Waals surface area (Å²) in [4.78, 5) is 28.7. The third-order valence-corrected chi connectivity index (χ3v) is 5.36. The molecule has 0 aliphatic rings. The third-order valence-electron chi connectivity index (χ3n) is 5.36. The Morgan fingerprint density at radius 2 is 1.31 bits per heavy atom. The van der Waals surface area contributed by atoms with Crippen molar-refractivity contribution in [2.45, 2.75) is 25.9 Å². The van der Waals surface area contributed by atoms with Crippen molar-refractivity contribution in [3.63, 3.8) is 0 Å². The van der Waals surface area contributed by atoms with Crippen molar-refractivity contribution in [1.82, 2.24) is 4.90 Å². The topological polar surface area (TPSA) is 46.6 Å². The van der Waals surface area contributed by atoms with E-state index in [4.69, 9.17) is 4.74 Å². The van der Waals surface area contributed by atoms with Crippen LogP contribution in [0.1, 0.15) is 35.8 Å². The molecule has 0 aliphatic heterocycles. The third kappa shape index (κ3) is 4.54. The van der Waals surface area contributed by atoms with Crippen LogP contribution in [0.15, 0.2) is 103 Å². The van der Waals surface area contributed by atoms with Gasteiger partial charge in [-0.3, -0.25) is 4.79 Å². The Balaban J connectivity index is 1.80. The molecule has 4 aromatic rings. The molecule has 160 valence electrons. The largest absolute Gasteiger partial charge is 0.425 e. The van der Waals surface area contributed by atoms with Gasteiger partial charge in [-0.25, -0.2) is 4.79 Å². The van der Waals surface area contributed by atoms with E-state index in [1.54, 1.807) is 29.2 Å². The molecule has 4 heteroatoms. The molecular formula is C28H25NO3. The molecule has 1 amide bonds. The smallest absolute Gasteiger partial charge is 0.338 e. The number of esters is 1. The van der Waals surface area contributed by atoms with Gasteiger partial charge in [-0.15, -0.1) is 0 Å². The summed E-state index contributed by atoms with van der Waals surface area (Å²) in [5.41, 5.74) is 1.24. The molecule has 0 aromatic heterocycles. The highest BCUT2D eigenvalue weighted by Crippen LogP contribution is 2.30. The molecular weight excluding hydrogens is 398 g/mol. The van der Waals surface area contributed by atoms with E-state index in [0.717, 1.165) is 10.8 Å². The highest BCUT2D eigenvalue weighted by Gasteiger charge is 2.35. The molecule has 1 atom stereocenters. The minimum atomic E-state index is -0.896. The maximum absolute atomic E-state index is 13.5. The summed E-state index contributed by atoms with van der Waals surface area (Å²) in [6, 6.07) is 30.6. The molecule has 4 rings (SSSR count). The van der Waals surface area contributed by atoms with Crippen molar-refractivity contribution in [2.24, 2.45) is 0 Å². The van der Waals surface area contributed by atoms with Gasteiger partial charge in [0, 0.05) is 11.6 Å². The zero-order valence-electron chi connectivity index (χ0n) is 18.1. The lowest BCUT2D eigenvalue weighted by Crippen LogP contribution is -2.44. The van der Waals surface area contributed by atoms with Crippen molar-refractivity contribution < 1.29 is 14.3 Å². The van der Waals surface area contributed by atoms with Gasteiger partial charge >= 0.3 is 5.97 Å². The van der Waals surface area contributed by atoms with Gasteiger partial charge in [0.25, 0.3) is 5.91 Å². The standard InChI is InChI=1S/C28H25NO3/c1-20(2)29(27(30)22-12-5-3-6-13-22)26(28(31)32-25-15-7-4-8-16-25)24-18-17-21-11-9-10-14-23(21)19-24/h3-20,26H,1-2H3. The summed E-state index contributed by atoms with van der Waals surface area (Å²) < 4.78 is 5.73. The zero-order chi connectivity index (χ0) is 22.5. The van der Waals surface area contributed by atoms with Crippen LogP contribution < -0.4 is 4.74 Å². The monoisotopic (exact) mass is 423 g/mol. The van der Waals surface area contributed by atoms with E-state index in [1.807, 2.05) is 92.7 Å². The van der Waals surface area contributed by atoms with Crippen molar-refractivity contribution in [3.05, 3.63) is 114 Å². The Bertz CT molecular complexity index is 1220. The van der Waals surface area contributed by atoms with Crippen LogP contribution in [0.25, 0.3) is 10.8 Å². The lowest BCUT2D eigenvalue weighted by atomic mass is 9.98. The number of fused-ring (bicyclic) bond motifs is 1. The van der Waals surface area contributed by atoms with Crippen LogP contribution >= 0.6 is 0 Å². The minimum Gasteiger partial charge on any atom is -0.425 e. The fourth-order valence-corrected chi connectivity index (χ4v) is 3.83. The van der Waals surface area contributed by atoms with Gasteiger partial charge in [0.05, 0.1) is 0 Å². The molecule has 0 spiro atoms. The zero-order valence-corrected chi connectivity index (χ0v) is 18.1. The van der Waals surface area contributed by atoms with Crippen LogP contribution in [0.4, 0.5) is 0 Å². The molecule has 0 aliphatic carbocycles. The van der Waals surface area contributed by atoms with Crippen LogP contribution in [0, 0.1) is 0 Å². The first-order valence-electron chi connectivity index (χ1n) is 10.7. The number of hydrogen-bond donors (Lipinski definition) is 0. The lowest BCUT2D eigenvalue weighted by Gasteiger charge is -2.34. The van der Waals surface area contributed by atoms with Crippen LogP contribution in [-0.2, 0) is 4.79 Å². The molecule has 4 aromatic carbocycles. The molecule has 0 saturated heterocycles. The van der Waals surface area contributed by atoms with Crippen molar-refractivity contribution in [3.8, 4) is 5.75 Å². The minimum absolute atomic E-state index is 0.219. The van der Waals surface area contributed by atoms with Gasteiger partial charge in [0.1, 0.15) is 5.75 Å². The molecule has 0 fully saturated rings. The van der Waals surface area contributed by atoms with Crippen LogP contribution in [0.2, 0.25) is 0 Å². The lowest BCUT2D eigenvalue weighted by molar-refractivity contribution is -0.140. The predicted molar refractivity (Wildman–Crippen MR) is 127 cm³/mol. The van der Waals surface area contributed by atoms with Crippen molar-refractivity contribution in [2.75, 3.05) is 0 Å². The number of amides is 1. The summed E-state index contributed by atoms with van der Waals surface area (Å²) in [5.74, 6) is -0.271. The fourth-order valence-electron chi connectivity index (χ4n) is 3.83. The number of carbonyl (C=O) groups excluding carboxylic acids is 2. The van der Waals surface area contributed by atoms with Crippen molar-refractivity contribution in [1.29, 1.82) is 0 Å². The molecule has 4 nitrogen and oxygen atoms in total. The van der Waals surface area contributed by atoms with Crippen molar-refractivity contribution >= 4 is 22.6 Å². The predicted octanol–water partition coefficient (Wildman–Crippen LogP) is 6.04. The molecule has 0 bridgehead atoms. The number of benzene rings is 4. The molecule has 0 radical (unpaired) electrons. The number of nitrogens with zero attached hydrogens (tertiary/aromatic N) is 1. The number of para-hydroxylation sites is 1. The summed E-state index contributed by atoms with van der Waals surface area (Å²) >= 11 is 0. The van der Waals surface area contributed by atoms with Gasteiger partial charge in [-0.05, 0) is 60.5 Å². The first-order valence-corrected chi connectivity index (χ1v) is 10.7. The van der Waals surface area contributed by atoms with Crippen LogP contribution in [0.5, 0.6) is 5.75 Å². The van der Waals surface area contributed by atoms with E-state index in [2.05, 4.69) is 0 Å². The van der Waals surface area contributed by atoms with Crippen LogP contribution in [0.3, 0.4) is 0 Å². The highest BCUT2D eigenvalue weighted by atomic mass is 16.5. The summed E-state index contributed by atoms with van der Waals surface area (Å²) in [6.45, 7) is 3.81. The van der Waals surface area contributed by atoms with Gasteiger partial charge in [0.2, 0.25) is 0 Å². The van der Waals surface area contributed by atoms with E-state index in [-0.39, 0.29) is 11.9 Å². The second-order valence-corrected chi connectivity index (χ2v) is 7.92. The molecule has 0 N–H and O–H groups in total. The van der Waals surface area contributed by atoms with Gasteiger partial charge in [-0.1, -0.05) is 72.8 Å². The second-order valence-electron chi connectivity index (χ2n) is 7.92. The van der Waals surface area contributed by atoms with E-state index in [0.29, 0.717) is 16.9 Å². The van der Waals surface area contributed by atoms with E-state index >= 15 is 0 Å². The molecule has 32 heavy (non-hydrogen) atoms. The number of ether oxygens (including phenoxy) is 1. The Kier molecular flexibility index (Phi) is 6.31. The van der Waals surface area contributed by atoms with E-state index < -0.39 is 12.0 Å². The van der Waals surface area contributed by atoms with Gasteiger partial charge in [-0.2, -0.15) is 0 Å². The first kappa shape index (κ1) is 21.3. The maximum Gasteiger partial charge on any atom is 0.338 e. The fraction of sp³-hybridized carbons (Fsp3) is 0.143. The van der Waals surface area contributed by atoms with Gasteiger partial charge in [0.15, 0.2) is 6.04 Å². The first-order chi connectivity index (χ1) is 15.5. The maximum atomic E-state index is 13.5. The number of hydrogen-bond acceptors (Lipinski definition) is 3. The highest BCUT2D eigenvalue weighted by molar-refractivity contribution is 5.98. The summed E-state index contributed by atoms with van der Waals surface area (Å²) in [7, 11) is 0. The summed E-state index contributed by atoms with van der Waals surface area (Å²) in [5, 5.41) is 2.07. The number of rotatable bonds is 6. The Morgan fingerprint density at radius 3 is 1.97 bits per heavy atom. The Hall–Kier alpha value is -3.92. The molecule has 0 heterocycles. The summed E-state index contributed by atoms with van der Waals surface area (Å²) in [6.07, 6.45) is 0. The van der Waals surface area contributed by atoms with E-state index in [9.17, 15) is 9.59 Å². The quantitative estimate of drug-likeness (QED) is 0.281. The number of carbonyl (C=O) groups is 2. The normalized spacial score (nSPS) is 11.8. The Morgan fingerprint density at radius 1 is 0.719 bits per heavy atom. The van der Waals surface area contributed by atoms with Crippen LogP contribution in [-0.4, -0.2) is 22.8 Å². The van der Waals surface area contributed by atoms with E-state index in [1.165, 1.54) is 0 Å². The molecule has 1 unspecified atom stereocenters. The Labute approximate surface area is 188 Å². The second kappa shape index (κ2) is 9.48. The average Bonchev–Trinajstić information content (AvgIpc) is 2.82. The SMILES string of the molecule is CC(C)N(C(=O)c1ccccc1)C(C(=O)Oc1ccccc1)c1ccc2ccccc2c1. The molecule has 0 saturated carbocycles. The average molecular weight is 424 g/mol.